The number of nitrogens with zero attached hydrogens (tertiary/aromatic N) is 1. The van der Waals surface area contributed by atoms with Crippen molar-refractivity contribution < 1.29 is 9.53 Å². The quantitative estimate of drug-likeness (QED) is 0.567. The highest BCUT2D eigenvalue weighted by molar-refractivity contribution is 5.74. The van der Waals surface area contributed by atoms with Crippen LogP contribution in [0, 0.1) is 11.8 Å². The van der Waals surface area contributed by atoms with Crippen molar-refractivity contribution in [3.63, 3.8) is 0 Å². The van der Waals surface area contributed by atoms with Gasteiger partial charge in [-0.25, -0.2) is 0 Å². The molecule has 2 rings (SSSR count). The number of piperidine rings is 1. The molecule has 0 aromatic heterocycles. The Balaban J connectivity index is 1.60. The van der Waals surface area contributed by atoms with E-state index in [0.717, 1.165) is 36.9 Å². The summed E-state index contributed by atoms with van der Waals surface area (Å²) in [6.45, 7) is 9.14. The zero-order chi connectivity index (χ0) is 15.1. The summed E-state index contributed by atoms with van der Waals surface area (Å²) in [6, 6.07) is 7.30. The lowest BCUT2D eigenvalue weighted by Crippen LogP contribution is -2.39. The number of unbranched alkanes of at least 4 members (excludes halogenated alkanes) is 1. The number of benzene rings is 1. The van der Waals surface area contributed by atoms with Crippen molar-refractivity contribution in [3.8, 4) is 5.75 Å². The fourth-order valence-corrected chi connectivity index (χ4v) is 3.24. The second kappa shape index (κ2) is 8.18. The molecule has 0 spiro atoms. The maximum Gasteiger partial charge on any atom is 0.150 e. The fourth-order valence-electron chi connectivity index (χ4n) is 3.24. The minimum absolute atomic E-state index is 0.690. The zero-order valence-corrected chi connectivity index (χ0v) is 13.3. The molecule has 0 radical (unpaired) electrons. The van der Waals surface area contributed by atoms with Crippen LogP contribution < -0.4 is 4.74 Å². The van der Waals surface area contributed by atoms with Crippen molar-refractivity contribution in [2.24, 2.45) is 11.8 Å². The Hall–Kier alpha value is -1.35. The first-order chi connectivity index (χ1) is 10.2. The number of carbonyl (C=O) groups excluding carboxylic acids is 1. The molecular formula is C18H27NO2. The van der Waals surface area contributed by atoms with Crippen molar-refractivity contribution in [2.45, 2.75) is 33.1 Å². The molecule has 1 aromatic carbocycles. The van der Waals surface area contributed by atoms with Crippen LogP contribution in [0.3, 0.4) is 0 Å². The zero-order valence-electron chi connectivity index (χ0n) is 13.3. The lowest BCUT2D eigenvalue weighted by Gasteiger charge is -2.34. The minimum Gasteiger partial charge on any atom is -0.494 e. The van der Waals surface area contributed by atoms with Gasteiger partial charge >= 0.3 is 0 Å². The predicted molar refractivity (Wildman–Crippen MR) is 85.9 cm³/mol. The van der Waals surface area contributed by atoms with Crippen molar-refractivity contribution >= 4 is 6.29 Å². The van der Waals surface area contributed by atoms with E-state index in [1.165, 1.54) is 32.5 Å². The number of rotatable bonds is 7. The van der Waals surface area contributed by atoms with Crippen LogP contribution in [-0.2, 0) is 0 Å². The van der Waals surface area contributed by atoms with Gasteiger partial charge in [0.2, 0.25) is 0 Å². The van der Waals surface area contributed by atoms with Gasteiger partial charge in [-0.15, -0.1) is 0 Å². The number of hydrogen-bond donors (Lipinski definition) is 0. The third-order valence-electron chi connectivity index (χ3n) is 4.10. The number of ether oxygens (including phenoxy) is 1. The van der Waals surface area contributed by atoms with E-state index < -0.39 is 0 Å². The van der Waals surface area contributed by atoms with Crippen LogP contribution in [-0.4, -0.2) is 37.4 Å². The SMILES string of the molecule is CC1CC(C)CN(CCCCOc2ccc(C=O)cc2)C1. The van der Waals surface area contributed by atoms with E-state index in [9.17, 15) is 4.79 Å². The van der Waals surface area contributed by atoms with E-state index >= 15 is 0 Å². The molecule has 0 bridgehead atoms. The number of hydrogen-bond acceptors (Lipinski definition) is 3. The summed E-state index contributed by atoms with van der Waals surface area (Å²) in [6.07, 6.45) is 4.49. The van der Waals surface area contributed by atoms with Crippen LogP contribution in [0.5, 0.6) is 5.75 Å². The molecule has 1 aliphatic rings. The lowest BCUT2D eigenvalue weighted by molar-refractivity contribution is 0.112. The average molecular weight is 289 g/mol. The monoisotopic (exact) mass is 289 g/mol. The highest BCUT2D eigenvalue weighted by Crippen LogP contribution is 2.21. The number of likely N-dealkylation sites (tertiary alicyclic amines) is 1. The van der Waals surface area contributed by atoms with Crippen LogP contribution in [0.4, 0.5) is 0 Å². The number of aldehydes is 1. The van der Waals surface area contributed by atoms with E-state index in [4.69, 9.17) is 4.74 Å². The molecule has 21 heavy (non-hydrogen) atoms. The second-order valence-electron chi connectivity index (χ2n) is 6.45. The van der Waals surface area contributed by atoms with Crippen molar-refractivity contribution in [1.82, 2.24) is 4.90 Å². The Morgan fingerprint density at radius 1 is 1.14 bits per heavy atom. The van der Waals surface area contributed by atoms with Crippen LogP contribution in [0.15, 0.2) is 24.3 Å². The largest absolute Gasteiger partial charge is 0.494 e. The van der Waals surface area contributed by atoms with Crippen LogP contribution in [0.25, 0.3) is 0 Å². The van der Waals surface area contributed by atoms with E-state index in [1.54, 1.807) is 12.1 Å². The summed E-state index contributed by atoms with van der Waals surface area (Å²) >= 11 is 0. The fraction of sp³-hybridized carbons (Fsp3) is 0.611. The minimum atomic E-state index is 0.690. The third kappa shape index (κ3) is 5.50. The second-order valence-corrected chi connectivity index (χ2v) is 6.45. The first-order valence-corrected chi connectivity index (χ1v) is 8.07. The van der Waals surface area contributed by atoms with Crippen LogP contribution >= 0.6 is 0 Å². The van der Waals surface area contributed by atoms with Gasteiger partial charge in [-0.05, 0) is 61.9 Å². The molecule has 2 unspecified atom stereocenters. The molecule has 1 heterocycles. The smallest absolute Gasteiger partial charge is 0.150 e. The molecule has 1 saturated heterocycles. The van der Waals surface area contributed by atoms with Gasteiger partial charge in [0.25, 0.3) is 0 Å². The molecule has 0 aliphatic carbocycles. The molecule has 0 N–H and O–H groups in total. The van der Waals surface area contributed by atoms with Gasteiger partial charge < -0.3 is 9.64 Å². The van der Waals surface area contributed by atoms with Gasteiger partial charge in [0.1, 0.15) is 12.0 Å². The summed E-state index contributed by atoms with van der Waals surface area (Å²) in [5.41, 5.74) is 0.690. The van der Waals surface area contributed by atoms with E-state index in [-0.39, 0.29) is 0 Å². The number of carbonyl (C=O) groups is 1. The molecule has 3 heteroatoms. The normalized spacial score (nSPS) is 23.0. The molecule has 3 nitrogen and oxygen atoms in total. The van der Waals surface area contributed by atoms with Crippen LogP contribution in [0.2, 0.25) is 0 Å². The molecule has 116 valence electrons. The Labute approximate surface area is 128 Å². The summed E-state index contributed by atoms with van der Waals surface area (Å²) in [4.78, 5) is 13.2. The average Bonchev–Trinajstić information content (AvgIpc) is 2.46. The molecular weight excluding hydrogens is 262 g/mol. The van der Waals surface area contributed by atoms with Crippen molar-refractivity contribution in [1.29, 1.82) is 0 Å². The molecule has 0 amide bonds. The van der Waals surface area contributed by atoms with Gasteiger partial charge in [0.15, 0.2) is 0 Å². The standard InChI is InChI=1S/C18H27NO2/c1-15-11-16(2)13-19(12-15)9-3-4-10-21-18-7-5-17(14-20)6-8-18/h5-8,14-16H,3-4,9-13H2,1-2H3. The lowest BCUT2D eigenvalue weighted by atomic mass is 9.92. The summed E-state index contributed by atoms with van der Waals surface area (Å²) in [7, 11) is 0. The maximum atomic E-state index is 10.6. The highest BCUT2D eigenvalue weighted by Gasteiger charge is 2.20. The maximum absolute atomic E-state index is 10.6. The summed E-state index contributed by atoms with van der Waals surface area (Å²) < 4.78 is 5.70. The van der Waals surface area contributed by atoms with Gasteiger partial charge in [-0.1, -0.05) is 13.8 Å². The molecule has 1 aromatic rings. The van der Waals surface area contributed by atoms with E-state index in [0.29, 0.717) is 5.56 Å². The van der Waals surface area contributed by atoms with Gasteiger partial charge in [-0.2, -0.15) is 0 Å². The van der Waals surface area contributed by atoms with Gasteiger partial charge in [0.05, 0.1) is 6.61 Å². The third-order valence-corrected chi connectivity index (χ3v) is 4.10. The molecule has 2 atom stereocenters. The topological polar surface area (TPSA) is 29.5 Å². The van der Waals surface area contributed by atoms with Gasteiger partial charge in [-0.3, -0.25) is 4.79 Å². The first-order valence-electron chi connectivity index (χ1n) is 8.07. The Kier molecular flexibility index (Phi) is 6.24. The Morgan fingerprint density at radius 2 is 1.81 bits per heavy atom. The summed E-state index contributed by atoms with van der Waals surface area (Å²) in [5.74, 6) is 2.52. The summed E-state index contributed by atoms with van der Waals surface area (Å²) in [5, 5.41) is 0. The first kappa shape index (κ1) is 16.0. The molecule has 1 aliphatic heterocycles. The Morgan fingerprint density at radius 3 is 2.43 bits per heavy atom. The van der Waals surface area contributed by atoms with Crippen molar-refractivity contribution in [2.75, 3.05) is 26.2 Å². The van der Waals surface area contributed by atoms with Gasteiger partial charge in [0, 0.05) is 18.7 Å². The van der Waals surface area contributed by atoms with E-state index in [1.807, 2.05) is 12.1 Å². The molecule has 1 fully saturated rings. The molecule has 0 saturated carbocycles. The van der Waals surface area contributed by atoms with Crippen LogP contribution in [0.1, 0.15) is 43.5 Å². The van der Waals surface area contributed by atoms with Crippen molar-refractivity contribution in [3.05, 3.63) is 29.8 Å². The Bertz CT molecular complexity index is 419. The predicted octanol–water partition coefficient (Wildman–Crippen LogP) is 3.64. The van der Waals surface area contributed by atoms with E-state index in [2.05, 4.69) is 18.7 Å². The highest BCUT2D eigenvalue weighted by atomic mass is 16.5.